The number of nitrogens with zero attached hydrogens (tertiary/aromatic N) is 3. The van der Waals surface area contributed by atoms with Gasteiger partial charge in [-0.25, -0.2) is 9.97 Å². The summed E-state index contributed by atoms with van der Waals surface area (Å²) in [6.07, 6.45) is 6.13. The lowest BCUT2D eigenvalue weighted by atomic mass is 9.99. The molecular formula is C16H24N4O. The van der Waals surface area contributed by atoms with Gasteiger partial charge in [-0.3, -0.25) is 4.79 Å². The molecule has 0 saturated carbocycles. The van der Waals surface area contributed by atoms with E-state index in [4.69, 9.17) is 0 Å². The van der Waals surface area contributed by atoms with Crippen LogP contribution < -0.4 is 5.32 Å². The third kappa shape index (κ3) is 3.80. The van der Waals surface area contributed by atoms with E-state index in [2.05, 4.69) is 28.8 Å². The molecule has 1 unspecified atom stereocenters. The van der Waals surface area contributed by atoms with Gasteiger partial charge >= 0.3 is 0 Å². The van der Waals surface area contributed by atoms with E-state index in [9.17, 15) is 4.79 Å². The molecule has 114 valence electrons. The molecule has 5 heteroatoms. The molecule has 2 rings (SSSR count). The average Bonchev–Trinajstić information content (AvgIpc) is 2.51. The molecule has 21 heavy (non-hydrogen) atoms. The average molecular weight is 288 g/mol. The summed E-state index contributed by atoms with van der Waals surface area (Å²) in [5, 5.41) is 3.12. The number of piperidine rings is 1. The molecule has 2 heterocycles. The highest BCUT2D eigenvalue weighted by atomic mass is 16.2. The van der Waals surface area contributed by atoms with E-state index in [0.29, 0.717) is 29.9 Å². The zero-order valence-corrected chi connectivity index (χ0v) is 12.9. The summed E-state index contributed by atoms with van der Waals surface area (Å²) in [6.45, 7) is 9.06. The maximum atomic E-state index is 12.7. The fourth-order valence-corrected chi connectivity index (χ4v) is 2.78. The lowest BCUT2D eigenvalue weighted by Gasteiger charge is -2.35. The van der Waals surface area contributed by atoms with E-state index < -0.39 is 0 Å². The van der Waals surface area contributed by atoms with Gasteiger partial charge in [0.05, 0.1) is 0 Å². The number of amides is 1. The standard InChI is InChI=1S/C16H24N4O/c1-4-9-17-15-11-14(18-12(3)19-15)16(21)20-10-7-6-8-13(20)5-2/h4,11,13H,1,5-10H2,2-3H3,(H,17,18,19). The largest absolute Gasteiger partial charge is 0.366 e. The summed E-state index contributed by atoms with van der Waals surface area (Å²) < 4.78 is 0. The first-order valence-corrected chi connectivity index (χ1v) is 7.67. The van der Waals surface area contributed by atoms with E-state index >= 15 is 0 Å². The minimum absolute atomic E-state index is 0.0219. The number of hydrogen-bond acceptors (Lipinski definition) is 4. The lowest BCUT2D eigenvalue weighted by Crippen LogP contribution is -2.43. The number of rotatable bonds is 5. The van der Waals surface area contributed by atoms with E-state index in [1.807, 2.05) is 11.8 Å². The second-order valence-electron chi connectivity index (χ2n) is 5.41. The van der Waals surface area contributed by atoms with Gasteiger partial charge in [-0.15, -0.1) is 6.58 Å². The van der Waals surface area contributed by atoms with Crippen molar-refractivity contribution in [3.05, 3.63) is 30.2 Å². The SMILES string of the molecule is C=CCNc1cc(C(=O)N2CCCCC2CC)nc(C)n1. The quantitative estimate of drug-likeness (QED) is 0.846. The Hall–Kier alpha value is -1.91. The van der Waals surface area contributed by atoms with Crippen molar-refractivity contribution >= 4 is 11.7 Å². The highest BCUT2D eigenvalue weighted by Gasteiger charge is 2.27. The summed E-state index contributed by atoms with van der Waals surface area (Å²) in [6, 6.07) is 2.08. The van der Waals surface area contributed by atoms with Crippen molar-refractivity contribution in [3.63, 3.8) is 0 Å². The summed E-state index contributed by atoms with van der Waals surface area (Å²) in [4.78, 5) is 23.3. The van der Waals surface area contributed by atoms with Crippen LogP contribution in [0, 0.1) is 6.92 Å². The van der Waals surface area contributed by atoms with Crippen LogP contribution in [0.2, 0.25) is 0 Å². The van der Waals surface area contributed by atoms with Crippen molar-refractivity contribution in [1.82, 2.24) is 14.9 Å². The molecule has 0 radical (unpaired) electrons. The maximum absolute atomic E-state index is 12.7. The Labute approximate surface area is 126 Å². The van der Waals surface area contributed by atoms with Crippen LogP contribution in [0.25, 0.3) is 0 Å². The minimum Gasteiger partial charge on any atom is -0.366 e. The van der Waals surface area contributed by atoms with Gasteiger partial charge < -0.3 is 10.2 Å². The van der Waals surface area contributed by atoms with Crippen LogP contribution in [-0.2, 0) is 0 Å². The monoisotopic (exact) mass is 288 g/mol. The number of aryl methyl sites for hydroxylation is 1. The third-order valence-corrected chi connectivity index (χ3v) is 3.84. The molecule has 0 bridgehead atoms. The van der Waals surface area contributed by atoms with Crippen LogP contribution in [0.15, 0.2) is 18.7 Å². The molecular weight excluding hydrogens is 264 g/mol. The van der Waals surface area contributed by atoms with Crippen LogP contribution in [0.1, 0.15) is 48.9 Å². The predicted molar refractivity (Wildman–Crippen MR) is 84.4 cm³/mol. The summed E-state index contributed by atoms with van der Waals surface area (Å²) in [7, 11) is 0. The third-order valence-electron chi connectivity index (χ3n) is 3.84. The molecule has 1 amide bonds. The number of hydrogen-bond donors (Lipinski definition) is 1. The molecule has 0 aliphatic carbocycles. The van der Waals surface area contributed by atoms with E-state index in [1.165, 1.54) is 6.42 Å². The zero-order valence-electron chi connectivity index (χ0n) is 12.9. The number of aromatic nitrogens is 2. The van der Waals surface area contributed by atoms with Gasteiger partial charge in [0.1, 0.15) is 17.3 Å². The molecule has 1 saturated heterocycles. The maximum Gasteiger partial charge on any atom is 0.272 e. The molecule has 1 aromatic rings. The Kier molecular flexibility index (Phi) is 5.31. The van der Waals surface area contributed by atoms with Crippen LogP contribution in [0.5, 0.6) is 0 Å². The van der Waals surface area contributed by atoms with Gasteiger partial charge in [-0.05, 0) is 32.6 Å². The molecule has 1 atom stereocenters. The fourth-order valence-electron chi connectivity index (χ4n) is 2.78. The molecule has 1 N–H and O–H groups in total. The van der Waals surface area contributed by atoms with Crippen molar-refractivity contribution < 1.29 is 4.79 Å². The first kappa shape index (κ1) is 15.5. The van der Waals surface area contributed by atoms with E-state index in [0.717, 1.165) is 25.8 Å². The summed E-state index contributed by atoms with van der Waals surface area (Å²) in [5.74, 6) is 1.31. The number of likely N-dealkylation sites (tertiary alicyclic amines) is 1. The van der Waals surface area contributed by atoms with Crippen LogP contribution in [0.4, 0.5) is 5.82 Å². The van der Waals surface area contributed by atoms with Crippen molar-refractivity contribution in [2.75, 3.05) is 18.4 Å². The Morgan fingerprint density at radius 3 is 3.05 bits per heavy atom. The molecule has 5 nitrogen and oxygen atoms in total. The van der Waals surface area contributed by atoms with E-state index in [-0.39, 0.29) is 5.91 Å². The van der Waals surface area contributed by atoms with Crippen molar-refractivity contribution in [2.24, 2.45) is 0 Å². The van der Waals surface area contributed by atoms with Gasteiger partial charge in [0.2, 0.25) is 0 Å². The topological polar surface area (TPSA) is 58.1 Å². The second-order valence-corrected chi connectivity index (χ2v) is 5.41. The molecule has 1 fully saturated rings. The van der Waals surface area contributed by atoms with Gasteiger partial charge in [0.15, 0.2) is 0 Å². The zero-order chi connectivity index (χ0) is 15.2. The minimum atomic E-state index is 0.0219. The van der Waals surface area contributed by atoms with Gasteiger partial charge in [0, 0.05) is 25.2 Å². The number of carbonyl (C=O) groups is 1. The van der Waals surface area contributed by atoms with Crippen LogP contribution in [-0.4, -0.2) is 39.9 Å². The Bertz CT molecular complexity index is 515. The van der Waals surface area contributed by atoms with E-state index in [1.54, 1.807) is 12.1 Å². The first-order valence-electron chi connectivity index (χ1n) is 7.67. The van der Waals surface area contributed by atoms with Crippen molar-refractivity contribution in [1.29, 1.82) is 0 Å². The normalized spacial score (nSPS) is 18.4. The van der Waals surface area contributed by atoms with Gasteiger partial charge in [-0.1, -0.05) is 13.0 Å². The molecule has 0 aromatic carbocycles. The second kappa shape index (κ2) is 7.20. The Morgan fingerprint density at radius 1 is 1.52 bits per heavy atom. The lowest BCUT2D eigenvalue weighted by molar-refractivity contribution is 0.0601. The predicted octanol–water partition coefficient (Wildman–Crippen LogP) is 2.79. The highest BCUT2D eigenvalue weighted by molar-refractivity contribution is 5.93. The number of carbonyl (C=O) groups excluding carboxylic acids is 1. The van der Waals surface area contributed by atoms with Gasteiger partial charge in [0.25, 0.3) is 5.91 Å². The summed E-state index contributed by atoms with van der Waals surface area (Å²) in [5.41, 5.74) is 0.481. The Balaban J connectivity index is 2.21. The molecule has 0 spiro atoms. The highest BCUT2D eigenvalue weighted by Crippen LogP contribution is 2.22. The first-order chi connectivity index (χ1) is 10.2. The number of nitrogens with one attached hydrogen (secondary N) is 1. The molecule has 1 aliphatic rings. The van der Waals surface area contributed by atoms with Crippen molar-refractivity contribution in [2.45, 2.75) is 45.6 Å². The van der Waals surface area contributed by atoms with Gasteiger partial charge in [-0.2, -0.15) is 0 Å². The van der Waals surface area contributed by atoms with Crippen LogP contribution >= 0.6 is 0 Å². The fraction of sp³-hybridized carbons (Fsp3) is 0.562. The van der Waals surface area contributed by atoms with Crippen LogP contribution in [0.3, 0.4) is 0 Å². The smallest absolute Gasteiger partial charge is 0.272 e. The Morgan fingerprint density at radius 2 is 2.33 bits per heavy atom. The molecule has 1 aliphatic heterocycles. The molecule has 1 aromatic heterocycles. The van der Waals surface area contributed by atoms with Crippen molar-refractivity contribution in [3.8, 4) is 0 Å². The number of anilines is 1. The summed E-state index contributed by atoms with van der Waals surface area (Å²) >= 11 is 0.